The topological polar surface area (TPSA) is 53.9 Å². The molecule has 1 atom stereocenters. The third-order valence-corrected chi connectivity index (χ3v) is 4.13. The number of hydrogen-bond donors (Lipinski definition) is 1. The number of halogens is 1. The van der Waals surface area contributed by atoms with E-state index in [9.17, 15) is 4.79 Å². The highest BCUT2D eigenvalue weighted by atomic mass is 79.9. The Hall–Kier alpha value is -1.56. The fourth-order valence-corrected chi connectivity index (χ4v) is 3.07. The van der Waals surface area contributed by atoms with Crippen LogP contribution >= 0.6 is 15.9 Å². The van der Waals surface area contributed by atoms with Crippen molar-refractivity contribution in [2.45, 2.75) is 32.4 Å². The molecule has 0 aliphatic carbocycles. The number of H-pyrrole nitrogens is 1. The van der Waals surface area contributed by atoms with Gasteiger partial charge in [-0.15, -0.1) is 0 Å². The predicted octanol–water partition coefficient (Wildman–Crippen LogP) is 2.59. The maximum absolute atomic E-state index is 12.5. The standard InChI is InChI=1S/C14H17BrN4O/c1-10-6-17-18(8-10)9-12-3-2-4-19(12)14(20)13-5-11(15)7-16-13/h5-8,12,16H,2-4,9H2,1H3/t12-/m0/s1. The second kappa shape index (κ2) is 5.44. The van der Waals surface area contributed by atoms with Crippen LogP contribution in [0.5, 0.6) is 0 Å². The molecule has 5 nitrogen and oxygen atoms in total. The van der Waals surface area contributed by atoms with Gasteiger partial charge in [0.05, 0.1) is 18.8 Å². The van der Waals surface area contributed by atoms with Gasteiger partial charge in [-0.1, -0.05) is 0 Å². The van der Waals surface area contributed by atoms with Crippen LogP contribution < -0.4 is 0 Å². The van der Waals surface area contributed by atoms with Crippen molar-refractivity contribution in [3.05, 3.63) is 40.4 Å². The molecule has 3 heterocycles. The molecule has 106 valence electrons. The monoisotopic (exact) mass is 336 g/mol. The molecular formula is C14H17BrN4O. The minimum atomic E-state index is 0.0714. The van der Waals surface area contributed by atoms with Crippen LogP contribution in [-0.2, 0) is 6.54 Å². The lowest BCUT2D eigenvalue weighted by Crippen LogP contribution is -2.38. The summed E-state index contributed by atoms with van der Waals surface area (Å²) in [5, 5.41) is 4.31. The van der Waals surface area contributed by atoms with Gasteiger partial charge in [-0.25, -0.2) is 0 Å². The van der Waals surface area contributed by atoms with E-state index < -0.39 is 0 Å². The van der Waals surface area contributed by atoms with E-state index in [4.69, 9.17) is 0 Å². The van der Waals surface area contributed by atoms with E-state index in [1.54, 1.807) is 6.20 Å². The lowest BCUT2D eigenvalue weighted by molar-refractivity contribution is 0.0716. The van der Waals surface area contributed by atoms with Crippen LogP contribution in [0, 0.1) is 6.92 Å². The Morgan fingerprint density at radius 3 is 3.10 bits per heavy atom. The van der Waals surface area contributed by atoms with Crippen molar-refractivity contribution in [1.29, 1.82) is 0 Å². The molecule has 0 spiro atoms. The van der Waals surface area contributed by atoms with Gasteiger partial charge in [0.15, 0.2) is 0 Å². The first-order valence-corrected chi connectivity index (χ1v) is 7.57. The van der Waals surface area contributed by atoms with Crippen LogP contribution in [0.1, 0.15) is 28.9 Å². The fourth-order valence-electron chi connectivity index (χ4n) is 2.72. The summed E-state index contributed by atoms with van der Waals surface area (Å²) in [5.41, 5.74) is 1.79. The van der Waals surface area contributed by atoms with Crippen LogP contribution in [-0.4, -0.2) is 38.2 Å². The normalized spacial score (nSPS) is 18.7. The molecular weight excluding hydrogens is 320 g/mol. The highest BCUT2D eigenvalue weighted by molar-refractivity contribution is 9.10. The molecule has 0 unspecified atom stereocenters. The molecule has 2 aromatic rings. The zero-order valence-electron chi connectivity index (χ0n) is 11.3. The summed E-state index contributed by atoms with van der Waals surface area (Å²) in [4.78, 5) is 17.5. The number of carbonyl (C=O) groups is 1. The number of aryl methyl sites for hydroxylation is 1. The zero-order valence-corrected chi connectivity index (χ0v) is 12.9. The number of hydrogen-bond acceptors (Lipinski definition) is 2. The van der Waals surface area contributed by atoms with Crippen LogP contribution in [0.3, 0.4) is 0 Å². The summed E-state index contributed by atoms with van der Waals surface area (Å²) in [6.07, 6.45) is 7.75. The Balaban J connectivity index is 1.73. The first-order valence-electron chi connectivity index (χ1n) is 6.77. The van der Waals surface area contributed by atoms with Gasteiger partial charge in [-0.2, -0.15) is 5.10 Å². The van der Waals surface area contributed by atoms with E-state index in [0.717, 1.165) is 36.0 Å². The van der Waals surface area contributed by atoms with Crippen molar-refractivity contribution in [3.63, 3.8) is 0 Å². The molecule has 0 bridgehead atoms. The molecule has 1 aliphatic heterocycles. The van der Waals surface area contributed by atoms with Crippen LogP contribution in [0.4, 0.5) is 0 Å². The van der Waals surface area contributed by atoms with Crippen molar-refractivity contribution in [1.82, 2.24) is 19.7 Å². The summed E-state index contributed by atoms with van der Waals surface area (Å²) in [6, 6.07) is 2.05. The summed E-state index contributed by atoms with van der Waals surface area (Å²) in [6.45, 7) is 3.61. The van der Waals surface area contributed by atoms with E-state index in [0.29, 0.717) is 5.69 Å². The van der Waals surface area contributed by atoms with Gasteiger partial charge >= 0.3 is 0 Å². The van der Waals surface area contributed by atoms with E-state index in [-0.39, 0.29) is 11.9 Å². The average Bonchev–Trinajstić information content (AvgIpc) is 3.11. The zero-order chi connectivity index (χ0) is 14.1. The number of rotatable bonds is 3. The number of amides is 1. The highest BCUT2D eigenvalue weighted by Crippen LogP contribution is 2.22. The first kappa shape index (κ1) is 13.4. The van der Waals surface area contributed by atoms with Crippen molar-refractivity contribution >= 4 is 21.8 Å². The van der Waals surface area contributed by atoms with Crippen molar-refractivity contribution < 1.29 is 4.79 Å². The minimum Gasteiger partial charge on any atom is -0.356 e. The van der Waals surface area contributed by atoms with Crippen LogP contribution in [0.25, 0.3) is 0 Å². The van der Waals surface area contributed by atoms with Gasteiger partial charge < -0.3 is 9.88 Å². The summed E-state index contributed by atoms with van der Waals surface area (Å²) in [7, 11) is 0. The first-order chi connectivity index (χ1) is 9.63. The van der Waals surface area contributed by atoms with Gasteiger partial charge in [0.25, 0.3) is 5.91 Å². The van der Waals surface area contributed by atoms with E-state index in [1.165, 1.54) is 0 Å². The molecule has 2 aromatic heterocycles. The number of likely N-dealkylation sites (tertiary alicyclic amines) is 1. The van der Waals surface area contributed by atoms with Gasteiger partial charge in [0, 0.05) is 23.4 Å². The number of aromatic nitrogens is 3. The molecule has 6 heteroatoms. The van der Waals surface area contributed by atoms with Gasteiger partial charge in [0.2, 0.25) is 0 Å². The Morgan fingerprint density at radius 1 is 1.60 bits per heavy atom. The maximum atomic E-state index is 12.5. The summed E-state index contributed by atoms with van der Waals surface area (Å²) >= 11 is 3.36. The molecule has 0 aromatic carbocycles. The average molecular weight is 337 g/mol. The Morgan fingerprint density at radius 2 is 2.45 bits per heavy atom. The number of aromatic amines is 1. The van der Waals surface area contributed by atoms with Crippen molar-refractivity contribution in [2.24, 2.45) is 0 Å². The SMILES string of the molecule is Cc1cnn(C[C@@H]2CCCN2C(=O)c2cc(Br)c[nH]2)c1. The number of carbonyl (C=O) groups excluding carboxylic acids is 1. The quantitative estimate of drug-likeness (QED) is 0.936. The number of nitrogens with one attached hydrogen (secondary N) is 1. The minimum absolute atomic E-state index is 0.0714. The lowest BCUT2D eigenvalue weighted by Gasteiger charge is -2.24. The second-order valence-electron chi connectivity index (χ2n) is 5.27. The highest BCUT2D eigenvalue weighted by Gasteiger charge is 2.30. The molecule has 1 N–H and O–H groups in total. The summed E-state index contributed by atoms with van der Waals surface area (Å²) in [5.74, 6) is 0.0714. The predicted molar refractivity (Wildman–Crippen MR) is 79.5 cm³/mol. The van der Waals surface area contributed by atoms with Gasteiger partial charge in [-0.05, 0) is 47.3 Å². The largest absolute Gasteiger partial charge is 0.356 e. The van der Waals surface area contributed by atoms with Crippen molar-refractivity contribution in [2.75, 3.05) is 6.54 Å². The van der Waals surface area contributed by atoms with Crippen molar-refractivity contribution in [3.8, 4) is 0 Å². The van der Waals surface area contributed by atoms with E-state index in [2.05, 4.69) is 26.0 Å². The Labute approximate surface area is 126 Å². The van der Waals surface area contributed by atoms with E-state index in [1.807, 2.05) is 35.0 Å². The molecule has 1 aliphatic rings. The van der Waals surface area contributed by atoms with Gasteiger partial charge in [-0.3, -0.25) is 9.48 Å². The number of nitrogens with zero attached hydrogens (tertiary/aromatic N) is 3. The molecule has 1 saturated heterocycles. The van der Waals surface area contributed by atoms with Crippen LogP contribution in [0.2, 0.25) is 0 Å². The molecule has 1 amide bonds. The Bertz CT molecular complexity index is 618. The molecule has 1 fully saturated rings. The molecule has 0 radical (unpaired) electrons. The second-order valence-corrected chi connectivity index (χ2v) is 6.18. The van der Waals surface area contributed by atoms with Gasteiger partial charge in [0.1, 0.15) is 5.69 Å². The summed E-state index contributed by atoms with van der Waals surface area (Å²) < 4.78 is 2.83. The Kier molecular flexibility index (Phi) is 3.65. The van der Waals surface area contributed by atoms with Crippen LogP contribution in [0.15, 0.2) is 29.1 Å². The molecule has 0 saturated carbocycles. The lowest BCUT2D eigenvalue weighted by atomic mass is 10.2. The third kappa shape index (κ3) is 2.65. The fraction of sp³-hybridized carbons (Fsp3) is 0.429. The molecule has 20 heavy (non-hydrogen) atoms. The smallest absolute Gasteiger partial charge is 0.270 e. The third-order valence-electron chi connectivity index (χ3n) is 3.68. The van der Waals surface area contributed by atoms with E-state index >= 15 is 0 Å². The maximum Gasteiger partial charge on any atom is 0.270 e. The molecule has 3 rings (SSSR count).